The molecule has 0 aliphatic rings. The van der Waals surface area contributed by atoms with E-state index < -0.39 is 11.9 Å². The molecule has 0 atom stereocenters. The lowest BCUT2D eigenvalue weighted by atomic mass is 10.2. The third-order valence-electron chi connectivity index (χ3n) is 2.27. The molecule has 0 unspecified atom stereocenters. The van der Waals surface area contributed by atoms with Gasteiger partial charge in [0.2, 0.25) is 5.91 Å². The molecule has 19 heavy (non-hydrogen) atoms. The first-order valence-corrected chi connectivity index (χ1v) is 6.04. The fourth-order valence-electron chi connectivity index (χ4n) is 1.35. The van der Waals surface area contributed by atoms with Gasteiger partial charge in [0.05, 0.1) is 6.54 Å². The van der Waals surface area contributed by atoms with Gasteiger partial charge in [0.15, 0.2) is 0 Å². The Bertz CT molecular complexity index is 492. The molecule has 0 spiro atoms. The zero-order valence-electron chi connectivity index (χ0n) is 10.8. The van der Waals surface area contributed by atoms with E-state index in [1.165, 1.54) is 0 Å². The van der Waals surface area contributed by atoms with Crippen molar-refractivity contribution < 1.29 is 9.59 Å². The van der Waals surface area contributed by atoms with Gasteiger partial charge in [0.1, 0.15) is 0 Å². The van der Waals surface area contributed by atoms with Crippen LogP contribution in [0.2, 0.25) is 0 Å². The zero-order valence-corrected chi connectivity index (χ0v) is 10.8. The number of anilines is 1. The molecule has 0 aliphatic heterocycles. The minimum absolute atomic E-state index is 0.00751. The highest BCUT2D eigenvalue weighted by atomic mass is 16.2. The number of rotatable bonds is 5. The summed E-state index contributed by atoms with van der Waals surface area (Å²) in [5, 5.41) is 7.67. The Labute approximate surface area is 112 Å². The summed E-state index contributed by atoms with van der Waals surface area (Å²) in [4.78, 5) is 22.7. The van der Waals surface area contributed by atoms with Crippen LogP contribution in [-0.4, -0.2) is 25.0 Å². The number of terminal acetylenes is 1. The van der Waals surface area contributed by atoms with Crippen molar-refractivity contribution in [1.29, 1.82) is 0 Å². The summed E-state index contributed by atoms with van der Waals surface area (Å²) in [5.41, 5.74) is 1.46. The van der Waals surface area contributed by atoms with Gasteiger partial charge in [-0.15, -0.1) is 6.42 Å². The topological polar surface area (TPSA) is 70.2 Å². The number of imide groups is 1. The van der Waals surface area contributed by atoms with Gasteiger partial charge in [-0.05, 0) is 24.6 Å². The Morgan fingerprint density at radius 3 is 2.84 bits per heavy atom. The van der Waals surface area contributed by atoms with Crippen molar-refractivity contribution in [1.82, 2.24) is 10.6 Å². The van der Waals surface area contributed by atoms with E-state index in [0.717, 1.165) is 17.7 Å². The smallest absolute Gasteiger partial charge is 0.321 e. The standard InChI is InChI=1S/C14H17N3O2/c1-3-8-15-14(19)17-13(18)10-16-12-7-5-6-11(4-2)9-12/h2,5-7,9,16H,3,8,10H2,1H3,(H2,15,17,18,19). The average Bonchev–Trinajstić information content (AvgIpc) is 2.43. The van der Waals surface area contributed by atoms with E-state index in [2.05, 4.69) is 21.9 Å². The number of urea groups is 1. The van der Waals surface area contributed by atoms with Crippen LogP contribution in [0.15, 0.2) is 24.3 Å². The second kappa shape index (κ2) is 7.77. The van der Waals surface area contributed by atoms with E-state index in [0.29, 0.717) is 6.54 Å². The molecule has 0 bridgehead atoms. The van der Waals surface area contributed by atoms with Gasteiger partial charge in [0, 0.05) is 17.8 Å². The lowest BCUT2D eigenvalue weighted by Gasteiger charge is -2.08. The van der Waals surface area contributed by atoms with Crippen molar-refractivity contribution in [2.45, 2.75) is 13.3 Å². The van der Waals surface area contributed by atoms with Gasteiger partial charge in [0.25, 0.3) is 0 Å². The zero-order chi connectivity index (χ0) is 14.1. The van der Waals surface area contributed by atoms with E-state index in [1.54, 1.807) is 24.3 Å². The van der Waals surface area contributed by atoms with Crippen LogP contribution in [-0.2, 0) is 4.79 Å². The number of amides is 3. The molecule has 0 radical (unpaired) electrons. The van der Waals surface area contributed by atoms with Crippen molar-refractivity contribution in [2.24, 2.45) is 0 Å². The van der Waals surface area contributed by atoms with Crippen molar-refractivity contribution in [2.75, 3.05) is 18.4 Å². The van der Waals surface area contributed by atoms with Gasteiger partial charge < -0.3 is 10.6 Å². The molecule has 0 fully saturated rings. The molecular weight excluding hydrogens is 242 g/mol. The quantitative estimate of drug-likeness (QED) is 0.698. The Morgan fingerprint density at radius 2 is 2.16 bits per heavy atom. The lowest BCUT2D eigenvalue weighted by Crippen LogP contribution is -2.42. The van der Waals surface area contributed by atoms with Crippen LogP contribution in [0.1, 0.15) is 18.9 Å². The number of hydrogen-bond acceptors (Lipinski definition) is 3. The number of carbonyl (C=O) groups excluding carboxylic acids is 2. The number of benzene rings is 1. The highest BCUT2D eigenvalue weighted by Crippen LogP contribution is 2.08. The fourth-order valence-corrected chi connectivity index (χ4v) is 1.35. The minimum atomic E-state index is -0.481. The lowest BCUT2D eigenvalue weighted by molar-refractivity contribution is -0.118. The highest BCUT2D eigenvalue weighted by molar-refractivity contribution is 5.96. The molecule has 1 rings (SSSR count). The molecule has 0 saturated carbocycles. The number of nitrogens with one attached hydrogen (secondary N) is 3. The second-order valence-electron chi connectivity index (χ2n) is 3.88. The Kier molecular flexibility index (Phi) is 5.96. The van der Waals surface area contributed by atoms with Crippen LogP contribution in [0.3, 0.4) is 0 Å². The Morgan fingerprint density at radius 1 is 1.37 bits per heavy atom. The van der Waals surface area contributed by atoms with Gasteiger partial charge in [-0.3, -0.25) is 10.1 Å². The van der Waals surface area contributed by atoms with Crippen LogP contribution in [0.5, 0.6) is 0 Å². The van der Waals surface area contributed by atoms with Crippen LogP contribution >= 0.6 is 0 Å². The van der Waals surface area contributed by atoms with Crippen LogP contribution < -0.4 is 16.0 Å². The van der Waals surface area contributed by atoms with Gasteiger partial charge in [-0.1, -0.05) is 18.9 Å². The largest absolute Gasteiger partial charge is 0.376 e. The van der Waals surface area contributed by atoms with Crippen molar-refractivity contribution >= 4 is 17.6 Å². The third-order valence-corrected chi connectivity index (χ3v) is 2.27. The molecule has 0 saturated heterocycles. The number of hydrogen-bond donors (Lipinski definition) is 3. The first kappa shape index (κ1) is 14.6. The minimum Gasteiger partial charge on any atom is -0.376 e. The molecule has 5 heteroatoms. The van der Waals surface area contributed by atoms with E-state index in [4.69, 9.17) is 6.42 Å². The summed E-state index contributed by atoms with van der Waals surface area (Å²) in [6.45, 7) is 2.48. The van der Waals surface area contributed by atoms with Gasteiger partial charge >= 0.3 is 6.03 Å². The Hall–Kier alpha value is -2.48. The molecule has 0 aliphatic carbocycles. The van der Waals surface area contributed by atoms with Gasteiger partial charge in [-0.25, -0.2) is 4.79 Å². The second-order valence-corrected chi connectivity index (χ2v) is 3.88. The third kappa shape index (κ3) is 5.59. The molecule has 5 nitrogen and oxygen atoms in total. The first-order chi connectivity index (χ1) is 9.15. The summed E-state index contributed by atoms with van der Waals surface area (Å²) < 4.78 is 0. The highest BCUT2D eigenvalue weighted by Gasteiger charge is 2.06. The maximum absolute atomic E-state index is 11.5. The van der Waals surface area contributed by atoms with Crippen molar-refractivity contribution in [3.63, 3.8) is 0 Å². The number of carbonyl (C=O) groups is 2. The van der Waals surface area contributed by atoms with Crippen molar-refractivity contribution in [3.8, 4) is 12.3 Å². The van der Waals surface area contributed by atoms with Crippen molar-refractivity contribution in [3.05, 3.63) is 29.8 Å². The van der Waals surface area contributed by atoms with Crippen LogP contribution in [0, 0.1) is 12.3 Å². The summed E-state index contributed by atoms with van der Waals surface area (Å²) in [5.74, 6) is 2.10. The molecule has 100 valence electrons. The molecule has 0 aromatic heterocycles. The first-order valence-electron chi connectivity index (χ1n) is 6.04. The maximum Gasteiger partial charge on any atom is 0.321 e. The fraction of sp³-hybridized carbons (Fsp3) is 0.286. The molecule has 3 N–H and O–H groups in total. The molecule has 1 aromatic carbocycles. The predicted molar refractivity (Wildman–Crippen MR) is 74.7 cm³/mol. The average molecular weight is 259 g/mol. The monoisotopic (exact) mass is 259 g/mol. The van der Waals surface area contributed by atoms with E-state index in [9.17, 15) is 9.59 Å². The van der Waals surface area contributed by atoms with E-state index >= 15 is 0 Å². The summed E-state index contributed by atoms with van der Waals surface area (Å²) >= 11 is 0. The molecular formula is C14H17N3O2. The van der Waals surface area contributed by atoms with E-state index in [-0.39, 0.29) is 6.54 Å². The molecule has 3 amide bonds. The van der Waals surface area contributed by atoms with Gasteiger partial charge in [-0.2, -0.15) is 0 Å². The SMILES string of the molecule is C#Cc1cccc(NCC(=O)NC(=O)NCCC)c1. The van der Waals surface area contributed by atoms with Crippen LogP contribution in [0.4, 0.5) is 10.5 Å². The molecule has 1 aromatic rings. The summed E-state index contributed by atoms with van der Waals surface area (Å²) in [6.07, 6.45) is 6.10. The maximum atomic E-state index is 11.5. The van der Waals surface area contributed by atoms with E-state index in [1.807, 2.05) is 6.92 Å². The normalized spacial score (nSPS) is 9.26. The summed E-state index contributed by atoms with van der Waals surface area (Å²) in [6, 6.07) is 6.66. The Balaban J connectivity index is 2.37. The summed E-state index contributed by atoms with van der Waals surface area (Å²) in [7, 11) is 0. The predicted octanol–water partition coefficient (Wildman–Crippen LogP) is 1.32. The van der Waals surface area contributed by atoms with Crippen LogP contribution in [0.25, 0.3) is 0 Å². The molecule has 0 heterocycles.